The third-order valence-corrected chi connectivity index (χ3v) is 6.70. The monoisotopic (exact) mass is 449 g/mol. The minimum absolute atomic E-state index is 0.214. The Morgan fingerprint density at radius 3 is 2.67 bits per heavy atom. The van der Waals surface area contributed by atoms with Gasteiger partial charge in [-0.3, -0.25) is 9.69 Å². The Labute approximate surface area is 184 Å². The van der Waals surface area contributed by atoms with Gasteiger partial charge in [-0.15, -0.1) is 11.3 Å². The molecule has 1 aromatic carbocycles. The molecule has 0 radical (unpaired) electrons. The van der Waals surface area contributed by atoms with Gasteiger partial charge in [-0.05, 0) is 55.2 Å². The molecule has 2 N–H and O–H groups in total. The molecule has 30 heavy (non-hydrogen) atoms. The molecular formula is C21H24ClN3O4S. The van der Waals surface area contributed by atoms with Crippen LogP contribution in [0.15, 0.2) is 36.4 Å². The summed E-state index contributed by atoms with van der Waals surface area (Å²) >= 11 is 7.07. The van der Waals surface area contributed by atoms with E-state index in [0.717, 1.165) is 37.3 Å². The lowest BCUT2D eigenvalue weighted by molar-refractivity contribution is 0.0920. The Kier molecular flexibility index (Phi) is 6.46. The zero-order valence-corrected chi connectivity index (χ0v) is 18.0. The van der Waals surface area contributed by atoms with Gasteiger partial charge in [-0.1, -0.05) is 11.6 Å². The third kappa shape index (κ3) is 4.71. The Morgan fingerprint density at radius 2 is 1.97 bits per heavy atom. The molecule has 2 fully saturated rings. The Hall–Kier alpha value is -2.29. The summed E-state index contributed by atoms with van der Waals surface area (Å²) in [5.41, 5.74) is 1.85. The number of thiophene rings is 1. The van der Waals surface area contributed by atoms with Crippen LogP contribution in [0.5, 0.6) is 0 Å². The van der Waals surface area contributed by atoms with Crippen molar-refractivity contribution in [2.45, 2.75) is 18.9 Å². The van der Waals surface area contributed by atoms with E-state index in [1.807, 2.05) is 24.3 Å². The molecule has 2 aliphatic heterocycles. The predicted molar refractivity (Wildman–Crippen MR) is 118 cm³/mol. The first-order valence-corrected chi connectivity index (χ1v) is 11.2. The lowest BCUT2D eigenvalue weighted by Gasteiger charge is -2.33. The lowest BCUT2D eigenvalue weighted by Crippen LogP contribution is -2.36. The van der Waals surface area contributed by atoms with Crippen molar-refractivity contribution in [3.63, 3.8) is 0 Å². The summed E-state index contributed by atoms with van der Waals surface area (Å²) in [5.74, 6) is 0.0848. The fourth-order valence-corrected chi connectivity index (χ4v) is 4.82. The molecule has 0 bridgehead atoms. The van der Waals surface area contributed by atoms with Gasteiger partial charge >= 0.3 is 6.09 Å². The van der Waals surface area contributed by atoms with Gasteiger partial charge in [-0.25, -0.2) is 4.79 Å². The highest BCUT2D eigenvalue weighted by Gasteiger charge is 2.32. The van der Waals surface area contributed by atoms with Crippen LogP contribution >= 0.6 is 22.9 Å². The highest BCUT2D eigenvalue weighted by molar-refractivity contribution is 7.17. The highest BCUT2D eigenvalue weighted by atomic mass is 35.5. The standard InChI is InChI=1S/C21H24ClN3O4S/c22-19-8-7-18(30-19)20(27)23-10-17-12-25(21(28)29-17)16-5-3-15(4-6-16)24-9-1-2-14(11-24)13-26/h3-8,14,17,26H,1-2,9-13H2,(H,23,27). The number of aliphatic hydroxyl groups is 1. The van der Waals surface area contributed by atoms with Gasteiger partial charge < -0.3 is 20.1 Å². The second-order valence-electron chi connectivity index (χ2n) is 7.58. The van der Waals surface area contributed by atoms with E-state index in [1.54, 1.807) is 17.0 Å². The van der Waals surface area contributed by atoms with Crippen LogP contribution in [-0.4, -0.2) is 56.0 Å². The summed E-state index contributed by atoms with van der Waals surface area (Å²) in [6.07, 6.45) is 1.29. The minimum atomic E-state index is -0.417. The van der Waals surface area contributed by atoms with Gasteiger partial charge in [0.15, 0.2) is 0 Å². The topological polar surface area (TPSA) is 82.1 Å². The predicted octanol–water partition coefficient (Wildman–Crippen LogP) is 3.37. The van der Waals surface area contributed by atoms with Crippen molar-refractivity contribution in [1.82, 2.24) is 5.32 Å². The normalized spacial score (nSPS) is 21.6. The summed E-state index contributed by atoms with van der Waals surface area (Å²) < 4.78 is 5.96. The zero-order valence-electron chi connectivity index (χ0n) is 16.4. The van der Waals surface area contributed by atoms with Gasteiger partial charge in [0, 0.05) is 31.1 Å². The Morgan fingerprint density at radius 1 is 1.20 bits per heavy atom. The van der Waals surface area contributed by atoms with Crippen LogP contribution in [0, 0.1) is 5.92 Å². The summed E-state index contributed by atoms with van der Waals surface area (Å²) in [6.45, 7) is 2.65. The molecule has 2 aromatic rings. The number of carbonyl (C=O) groups is 2. The van der Waals surface area contributed by atoms with Crippen molar-refractivity contribution in [3.05, 3.63) is 45.6 Å². The number of piperidine rings is 1. The quantitative estimate of drug-likeness (QED) is 0.706. The van der Waals surface area contributed by atoms with E-state index in [0.29, 0.717) is 21.7 Å². The molecule has 2 aliphatic rings. The molecule has 9 heteroatoms. The van der Waals surface area contributed by atoms with Crippen LogP contribution in [0.2, 0.25) is 4.34 Å². The van der Waals surface area contributed by atoms with E-state index in [1.165, 1.54) is 11.3 Å². The number of halogens is 1. The van der Waals surface area contributed by atoms with E-state index in [-0.39, 0.29) is 19.1 Å². The largest absolute Gasteiger partial charge is 0.442 e. The van der Waals surface area contributed by atoms with Crippen LogP contribution in [-0.2, 0) is 4.74 Å². The van der Waals surface area contributed by atoms with Gasteiger partial charge in [0.05, 0.1) is 22.3 Å². The first kappa shape index (κ1) is 21.0. The fourth-order valence-electron chi connectivity index (χ4n) is 3.86. The lowest BCUT2D eigenvalue weighted by atomic mass is 9.98. The van der Waals surface area contributed by atoms with E-state index in [2.05, 4.69) is 10.2 Å². The van der Waals surface area contributed by atoms with Gasteiger partial charge in [-0.2, -0.15) is 0 Å². The number of rotatable bonds is 6. The maximum absolute atomic E-state index is 12.3. The van der Waals surface area contributed by atoms with Crippen LogP contribution in [0.1, 0.15) is 22.5 Å². The molecule has 7 nitrogen and oxygen atoms in total. The summed E-state index contributed by atoms with van der Waals surface area (Å²) in [6, 6.07) is 11.2. The Bertz CT molecular complexity index is 904. The molecule has 4 rings (SSSR count). The number of cyclic esters (lactones) is 1. The molecule has 2 unspecified atom stereocenters. The second-order valence-corrected chi connectivity index (χ2v) is 9.30. The van der Waals surface area contributed by atoms with Crippen LogP contribution in [0.3, 0.4) is 0 Å². The summed E-state index contributed by atoms with van der Waals surface area (Å²) in [5, 5.41) is 12.2. The average Bonchev–Trinajstić information content (AvgIpc) is 3.37. The maximum Gasteiger partial charge on any atom is 0.414 e. The number of anilines is 2. The molecule has 1 aromatic heterocycles. The molecule has 0 spiro atoms. The first-order chi connectivity index (χ1) is 14.5. The summed E-state index contributed by atoms with van der Waals surface area (Å²) in [7, 11) is 0. The van der Waals surface area contributed by atoms with E-state index >= 15 is 0 Å². The van der Waals surface area contributed by atoms with E-state index in [9.17, 15) is 14.7 Å². The fraction of sp³-hybridized carbons (Fsp3) is 0.429. The molecule has 160 valence electrons. The number of carbonyl (C=O) groups excluding carboxylic acids is 2. The van der Waals surface area contributed by atoms with Crippen LogP contribution in [0.25, 0.3) is 0 Å². The number of amides is 2. The number of hydrogen-bond acceptors (Lipinski definition) is 6. The van der Waals surface area contributed by atoms with E-state index < -0.39 is 12.2 Å². The van der Waals surface area contributed by atoms with Crippen molar-refractivity contribution >= 4 is 46.3 Å². The number of benzene rings is 1. The summed E-state index contributed by atoms with van der Waals surface area (Å²) in [4.78, 5) is 28.8. The van der Waals surface area contributed by atoms with Crippen molar-refractivity contribution in [1.29, 1.82) is 0 Å². The molecular weight excluding hydrogens is 426 g/mol. The number of nitrogens with one attached hydrogen (secondary N) is 1. The highest BCUT2D eigenvalue weighted by Crippen LogP contribution is 2.28. The van der Waals surface area contributed by atoms with Crippen molar-refractivity contribution in [2.75, 3.05) is 42.6 Å². The van der Waals surface area contributed by atoms with Crippen LogP contribution in [0.4, 0.5) is 16.2 Å². The SMILES string of the molecule is O=C(NCC1CN(c2ccc(N3CCCC(CO)C3)cc2)C(=O)O1)c1ccc(Cl)s1. The number of aliphatic hydroxyl groups excluding tert-OH is 1. The molecule has 2 saturated heterocycles. The zero-order chi connectivity index (χ0) is 21.1. The number of ether oxygens (including phenoxy) is 1. The van der Waals surface area contributed by atoms with Crippen molar-refractivity contribution in [2.24, 2.45) is 5.92 Å². The maximum atomic E-state index is 12.3. The van der Waals surface area contributed by atoms with Crippen molar-refractivity contribution in [3.8, 4) is 0 Å². The molecule has 3 heterocycles. The van der Waals surface area contributed by atoms with Gasteiger partial charge in [0.1, 0.15) is 6.10 Å². The van der Waals surface area contributed by atoms with Gasteiger partial charge in [0.25, 0.3) is 5.91 Å². The average molecular weight is 450 g/mol. The Balaban J connectivity index is 1.33. The molecule has 0 aliphatic carbocycles. The van der Waals surface area contributed by atoms with Crippen LogP contribution < -0.4 is 15.1 Å². The molecule has 2 amide bonds. The minimum Gasteiger partial charge on any atom is -0.442 e. The molecule has 2 atom stereocenters. The first-order valence-electron chi connectivity index (χ1n) is 10.0. The third-order valence-electron chi connectivity index (χ3n) is 5.47. The van der Waals surface area contributed by atoms with Gasteiger partial charge in [0.2, 0.25) is 0 Å². The smallest absolute Gasteiger partial charge is 0.414 e. The van der Waals surface area contributed by atoms with Crippen molar-refractivity contribution < 1.29 is 19.4 Å². The van der Waals surface area contributed by atoms with E-state index in [4.69, 9.17) is 16.3 Å². The molecule has 0 saturated carbocycles. The number of nitrogens with zero attached hydrogens (tertiary/aromatic N) is 2. The number of hydrogen-bond donors (Lipinski definition) is 2. The second kappa shape index (κ2) is 9.24.